The van der Waals surface area contributed by atoms with Crippen LogP contribution in [-0.2, 0) is 4.74 Å². The van der Waals surface area contributed by atoms with Crippen LogP contribution in [0.25, 0.3) is 6.08 Å². The number of carbonyl (C=O) groups is 1. The molecule has 0 aliphatic carbocycles. The molecule has 0 aliphatic heterocycles. The average molecular weight is 278 g/mol. The van der Waals surface area contributed by atoms with E-state index in [9.17, 15) is 4.79 Å². The van der Waals surface area contributed by atoms with E-state index in [-0.39, 0.29) is 0 Å². The van der Waals surface area contributed by atoms with Gasteiger partial charge in [-0.2, -0.15) is 0 Å². The summed E-state index contributed by atoms with van der Waals surface area (Å²) < 4.78 is 10.3. The van der Waals surface area contributed by atoms with Crippen molar-refractivity contribution in [3.63, 3.8) is 0 Å². The summed E-state index contributed by atoms with van der Waals surface area (Å²) in [6.07, 6.45) is 8.63. The molecule has 2 rings (SSSR count). The molecule has 21 heavy (non-hydrogen) atoms. The Hall–Kier alpha value is -2.99. The predicted molar refractivity (Wildman–Crippen MR) is 81.8 cm³/mol. The molecule has 0 heterocycles. The van der Waals surface area contributed by atoms with E-state index in [0.29, 0.717) is 16.9 Å². The van der Waals surface area contributed by atoms with Crippen LogP contribution in [-0.4, -0.2) is 13.1 Å². The van der Waals surface area contributed by atoms with Crippen molar-refractivity contribution >= 4 is 12.0 Å². The summed E-state index contributed by atoms with van der Waals surface area (Å²) in [5.41, 5.74) is 1.61. The zero-order chi connectivity index (χ0) is 15.1. The van der Waals surface area contributed by atoms with Crippen molar-refractivity contribution in [2.75, 3.05) is 7.11 Å². The second-order valence-electron chi connectivity index (χ2n) is 4.16. The molecular weight excluding hydrogens is 264 g/mol. The second kappa shape index (κ2) is 6.97. The largest absolute Gasteiger partial charge is 0.504 e. The first-order valence-electron chi connectivity index (χ1n) is 6.32. The summed E-state index contributed by atoms with van der Waals surface area (Å²) >= 11 is 0. The monoisotopic (exact) mass is 278 g/mol. The quantitative estimate of drug-likeness (QED) is 0.371. The van der Waals surface area contributed by atoms with Gasteiger partial charge >= 0.3 is 5.97 Å². The highest BCUT2D eigenvalue weighted by Gasteiger charge is 2.13. The van der Waals surface area contributed by atoms with Crippen LogP contribution in [0.3, 0.4) is 0 Å². The number of benzene rings is 2. The standard InChI is InChI=1S/C18H14O3/c1-3-14-8-4-6-10-16(14)18(19)21-17-11-7-5-9-15(17)12-13-20-2/h1,4-13H,2H3. The number of hydrogen-bond donors (Lipinski definition) is 0. The zero-order valence-electron chi connectivity index (χ0n) is 11.6. The molecule has 2 aromatic carbocycles. The highest BCUT2D eigenvalue weighted by atomic mass is 16.5. The van der Waals surface area contributed by atoms with Gasteiger partial charge in [0.05, 0.1) is 18.9 Å². The number of terminal acetylenes is 1. The van der Waals surface area contributed by atoms with Crippen molar-refractivity contribution in [2.45, 2.75) is 0 Å². The molecule has 0 unspecified atom stereocenters. The van der Waals surface area contributed by atoms with Gasteiger partial charge in [0, 0.05) is 11.1 Å². The molecule has 104 valence electrons. The maximum atomic E-state index is 12.2. The molecule has 3 nitrogen and oxygen atoms in total. The average Bonchev–Trinajstić information content (AvgIpc) is 2.54. The lowest BCUT2D eigenvalue weighted by Crippen LogP contribution is -2.11. The Labute approximate surface area is 123 Å². The highest BCUT2D eigenvalue weighted by Crippen LogP contribution is 2.21. The Bertz CT molecular complexity index is 708. The fraction of sp³-hybridized carbons (Fsp3) is 0.0556. The van der Waals surface area contributed by atoms with Crippen molar-refractivity contribution in [1.82, 2.24) is 0 Å². The lowest BCUT2D eigenvalue weighted by atomic mass is 10.1. The number of carbonyl (C=O) groups excluding carboxylic acids is 1. The van der Waals surface area contributed by atoms with Gasteiger partial charge in [-0.05, 0) is 24.3 Å². The molecule has 0 N–H and O–H groups in total. The number of para-hydroxylation sites is 1. The van der Waals surface area contributed by atoms with Gasteiger partial charge in [-0.15, -0.1) is 6.42 Å². The van der Waals surface area contributed by atoms with Gasteiger partial charge < -0.3 is 9.47 Å². The molecule has 0 saturated heterocycles. The molecule has 0 radical (unpaired) electrons. The fourth-order valence-corrected chi connectivity index (χ4v) is 1.79. The first kappa shape index (κ1) is 14.4. The highest BCUT2D eigenvalue weighted by molar-refractivity contribution is 5.94. The second-order valence-corrected chi connectivity index (χ2v) is 4.16. The van der Waals surface area contributed by atoms with Gasteiger partial charge in [-0.3, -0.25) is 0 Å². The maximum Gasteiger partial charge on any atom is 0.344 e. The van der Waals surface area contributed by atoms with Crippen LogP contribution >= 0.6 is 0 Å². The SMILES string of the molecule is C#Cc1ccccc1C(=O)Oc1ccccc1C=COC. The molecule has 2 aromatic rings. The number of hydrogen-bond acceptors (Lipinski definition) is 3. The van der Waals surface area contributed by atoms with Gasteiger partial charge in [0.15, 0.2) is 0 Å². The smallest absolute Gasteiger partial charge is 0.344 e. The topological polar surface area (TPSA) is 35.5 Å². The molecule has 0 aliphatic rings. The number of esters is 1. The normalized spacial score (nSPS) is 10.1. The number of rotatable bonds is 4. The van der Waals surface area contributed by atoms with E-state index in [1.54, 1.807) is 49.6 Å². The Kier molecular flexibility index (Phi) is 4.79. The lowest BCUT2D eigenvalue weighted by molar-refractivity contribution is 0.0734. The van der Waals surface area contributed by atoms with Gasteiger partial charge in [0.25, 0.3) is 0 Å². The van der Waals surface area contributed by atoms with Crippen molar-refractivity contribution in [2.24, 2.45) is 0 Å². The summed E-state index contributed by atoms with van der Waals surface area (Å²) in [7, 11) is 1.55. The summed E-state index contributed by atoms with van der Waals surface area (Å²) in [6, 6.07) is 14.0. The van der Waals surface area contributed by atoms with E-state index >= 15 is 0 Å². The van der Waals surface area contributed by atoms with Crippen molar-refractivity contribution in [3.05, 3.63) is 71.5 Å². The predicted octanol–water partition coefficient (Wildman–Crippen LogP) is 3.50. The third-order valence-corrected chi connectivity index (χ3v) is 2.81. The first-order valence-corrected chi connectivity index (χ1v) is 6.32. The van der Waals surface area contributed by atoms with Gasteiger partial charge in [-0.1, -0.05) is 36.3 Å². The van der Waals surface area contributed by atoms with Gasteiger partial charge in [-0.25, -0.2) is 4.79 Å². The minimum Gasteiger partial charge on any atom is -0.504 e. The lowest BCUT2D eigenvalue weighted by Gasteiger charge is -2.08. The molecule has 0 amide bonds. The van der Waals surface area contributed by atoms with Crippen LogP contribution in [0, 0.1) is 12.3 Å². The Morgan fingerprint density at radius 2 is 1.86 bits per heavy atom. The molecule has 0 fully saturated rings. The summed E-state index contributed by atoms with van der Waals surface area (Å²) in [4.78, 5) is 12.2. The molecule has 0 spiro atoms. The van der Waals surface area contributed by atoms with Crippen LogP contribution in [0.2, 0.25) is 0 Å². The molecular formula is C18H14O3. The van der Waals surface area contributed by atoms with Crippen molar-refractivity contribution in [1.29, 1.82) is 0 Å². The summed E-state index contributed by atoms with van der Waals surface area (Å²) in [6.45, 7) is 0. The summed E-state index contributed by atoms with van der Waals surface area (Å²) in [5, 5.41) is 0. The number of ether oxygens (including phenoxy) is 2. The molecule has 0 atom stereocenters. The van der Waals surface area contributed by atoms with Crippen LogP contribution in [0.5, 0.6) is 5.75 Å². The van der Waals surface area contributed by atoms with Crippen molar-refractivity contribution in [3.8, 4) is 18.1 Å². The molecule has 0 bridgehead atoms. The molecule has 0 saturated carbocycles. The number of methoxy groups -OCH3 is 1. The van der Waals surface area contributed by atoms with Crippen LogP contribution < -0.4 is 4.74 Å². The zero-order valence-corrected chi connectivity index (χ0v) is 11.6. The minimum atomic E-state index is -0.484. The van der Waals surface area contributed by atoms with E-state index in [1.165, 1.54) is 6.26 Å². The Morgan fingerprint density at radius 1 is 1.14 bits per heavy atom. The summed E-state index contributed by atoms with van der Waals surface area (Å²) in [5.74, 6) is 2.44. The van der Waals surface area contributed by atoms with Crippen molar-refractivity contribution < 1.29 is 14.3 Å². The van der Waals surface area contributed by atoms with Crippen LogP contribution in [0.4, 0.5) is 0 Å². The first-order chi connectivity index (χ1) is 10.3. The van der Waals surface area contributed by atoms with Crippen LogP contribution in [0.15, 0.2) is 54.8 Å². The van der Waals surface area contributed by atoms with E-state index in [2.05, 4.69) is 5.92 Å². The Balaban J connectivity index is 2.28. The van der Waals surface area contributed by atoms with E-state index in [4.69, 9.17) is 15.9 Å². The van der Waals surface area contributed by atoms with E-state index < -0.39 is 5.97 Å². The Morgan fingerprint density at radius 3 is 2.62 bits per heavy atom. The van der Waals surface area contributed by atoms with Gasteiger partial charge in [0.2, 0.25) is 0 Å². The van der Waals surface area contributed by atoms with E-state index in [1.807, 2.05) is 12.1 Å². The minimum absolute atomic E-state index is 0.366. The third-order valence-electron chi connectivity index (χ3n) is 2.81. The maximum absolute atomic E-state index is 12.2. The van der Waals surface area contributed by atoms with E-state index in [0.717, 1.165) is 5.56 Å². The fourth-order valence-electron chi connectivity index (χ4n) is 1.79. The third kappa shape index (κ3) is 3.52. The molecule has 3 heteroatoms. The molecule has 0 aromatic heterocycles. The van der Waals surface area contributed by atoms with Crippen LogP contribution in [0.1, 0.15) is 21.5 Å². The van der Waals surface area contributed by atoms with Gasteiger partial charge in [0.1, 0.15) is 5.75 Å².